The lowest BCUT2D eigenvalue weighted by Gasteiger charge is -2.36. The molecule has 0 saturated heterocycles. The minimum atomic E-state index is -0.964. The van der Waals surface area contributed by atoms with Gasteiger partial charge in [-0.3, -0.25) is 4.98 Å². The Balaban J connectivity index is 1.83. The van der Waals surface area contributed by atoms with E-state index >= 15 is 0 Å². The highest BCUT2D eigenvalue weighted by Crippen LogP contribution is 2.34. The fourth-order valence-corrected chi connectivity index (χ4v) is 4.26. The molecule has 1 aliphatic rings. The molecule has 0 saturated carbocycles. The van der Waals surface area contributed by atoms with Gasteiger partial charge in [-0.05, 0) is 43.4 Å². The Morgan fingerprint density at radius 1 is 1.06 bits per heavy atom. The molecule has 1 atom stereocenters. The van der Waals surface area contributed by atoms with E-state index in [1.807, 2.05) is 12.1 Å². The Kier molecular flexibility index (Phi) is 7.80. The van der Waals surface area contributed by atoms with Gasteiger partial charge in [0.05, 0.1) is 11.3 Å². The Labute approximate surface area is 185 Å². The van der Waals surface area contributed by atoms with Crippen LogP contribution in [0.5, 0.6) is 0 Å². The average molecular weight is 423 g/mol. The summed E-state index contributed by atoms with van der Waals surface area (Å²) in [7, 11) is 0. The zero-order valence-electron chi connectivity index (χ0n) is 18.9. The third-order valence-electron chi connectivity index (χ3n) is 5.78. The molecule has 0 aliphatic carbocycles. The van der Waals surface area contributed by atoms with Crippen LogP contribution in [0.1, 0.15) is 81.6 Å². The maximum atomic E-state index is 11.5. The fourth-order valence-electron chi connectivity index (χ4n) is 4.26. The number of hydrogen-bond donors (Lipinski definition) is 2. The number of aromatic carboxylic acids is 1. The lowest BCUT2D eigenvalue weighted by molar-refractivity contribution is 0.0589. The van der Waals surface area contributed by atoms with Gasteiger partial charge in [-0.1, -0.05) is 57.9 Å². The highest BCUT2D eigenvalue weighted by molar-refractivity contribution is 5.94. The minimum absolute atomic E-state index is 0.189. The van der Waals surface area contributed by atoms with E-state index in [4.69, 9.17) is 4.99 Å². The second-order valence-corrected chi connectivity index (χ2v) is 8.24. The van der Waals surface area contributed by atoms with E-state index in [0.29, 0.717) is 5.69 Å². The van der Waals surface area contributed by atoms with Crippen molar-refractivity contribution in [2.24, 2.45) is 4.99 Å². The molecule has 1 aromatic heterocycles. The number of carboxylic acids is 1. The normalized spacial score (nSPS) is 18.6. The number of carbonyl (C=O) groups is 1. The van der Waals surface area contributed by atoms with Crippen LogP contribution in [0, 0.1) is 0 Å². The summed E-state index contributed by atoms with van der Waals surface area (Å²) < 4.78 is 0. The van der Waals surface area contributed by atoms with E-state index in [1.165, 1.54) is 0 Å². The molecule has 31 heavy (non-hydrogen) atoms. The summed E-state index contributed by atoms with van der Waals surface area (Å²) in [6.45, 7) is 7.38. The van der Waals surface area contributed by atoms with E-state index in [1.54, 1.807) is 18.3 Å². The predicted molar refractivity (Wildman–Crippen MR) is 125 cm³/mol. The van der Waals surface area contributed by atoms with Crippen LogP contribution in [0.2, 0.25) is 0 Å². The van der Waals surface area contributed by atoms with Crippen LogP contribution in [0.25, 0.3) is 11.3 Å². The van der Waals surface area contributed by atoms with Crippen LogP contribution in [-0.2, 0) is 6.54 Å². The first kappa shape index (κ1) is 22.9. The molecule has 1 unspecified atom stereocenters. The van der Waals surface area contributed by atoms with Crippen molar-refractivity contribution in [1.29, 1.82) is 0 Å². The Hall–Kier alpha value is -2.73. The molecule has 6 heteroatoms. The highest BCUT2D eigenvalue weighted by atomic mass is 16.4. The van der Waals surface area contributed by atoms with E-state index in [0.717, 1.165) is 68.5 Å². The van der Waals surface area contributed by atoms with Crippen LogP contribution in [0.15, 0.2) is 47.6 Å². The van der Waals surface area contributed by atoms with Gasteiger partial charge in [-0.25, -0.2) is 9.79 Å². The number of hydrogen-bond acceptors (Lipinski definition) is 5. The summed E-state index contributed by atoms with van der Waals surface area (Å²) in [6.07, 6.45) is 9.13. The number of amidine groups is 1. The number of aromatic nitrogens is 1. The molecule has 0 amide bonds. The number of unbranched alkanes of at least 4 members (excludes halogenated alkanes) is 1. The van der Waals surface area contributed by atoms with Crippen molar-refractivity contribution >= 4 is 11.8 Å². The molecule has 0 bridgehead atoms. The van der Waals surface area contributed by atoms with Crippen molar-refractivity contribution in [3.8, 4) is 11.3 Å². The molecule has 6 nitrogen and oxygen atoms in total. The minimum Gasteiger partial charge on any atom is -0.478 e. The zero-order valence-corrected chi connectivity index (χ0v) is 18.9. The predicted octanol–water partition coefficient (Wildman–Crippen LogP) is 5.65. The van der Waals surface area contributed by atoms with Crippen molar-refractivity contribution in [2.45, 2.75) is 77.9 Å². The van der Waals surface area contributed by atoms with Gasteiger partial charge in [0.25, 0.3) is 0 Å². The number of rotatable bonds is 11. The van der Waals surface area contributed by atoms with Gasteiger partial charge < -0.3 is 10.5 Å². The third kappa shape index (κ3) is 5.31. The first-order valence-corrected chi connectivity index (χ1v) is 11.4. The summed E-state index contributed by atoms with van der Waals surface area (Å²) in [4.78, 5) is 21.0. The molecule has 0 fully saturated rings. The molecule has 3 rings (SSSR count). The van der Waals surface area contributed by atoms with E-state index < -0.39 is 5.97 Å². The maximum absolute atomic E-state index is 11.5. The van der Waals surface area contributed by atoms with Gasteiger partial charge in [0.2, 0.25) is 0 Å². The van der Waals surface area contributed by atoms with Gasteiger partial charge in [-0.15, -0.1) is 0 Å². The summed E-state index contributed by atoms with van der Waals surface area (Å²) in [5.74, 6) is 0.123. The summed E-state index contributed by atoms with van der Waals surface area (Å²) in [5.41, 5.74) is 6.09. The molecule has 166 valence electrons. The monoisotopic (exact) mass is 422 g/mol. The summed E-state index contributed by atoms with van der Waals surface area (Å²) in [5, 5.41) is 11.8. The van der Waals surface area contributed by atoms with Gasteiger partial charge >= 0.3 is 5.97 Å². The van der Waals surface area contributed by atoms with Crippen LogP contribution in [-0.4, -0.2) is 32.6 Å². The number of nitrogens with zero attached hydrogens (tertiary/aromatic N) is 3. The van der Waals surface area contributed by atoms with Gasteiger partial charge in [0.1, 0.15) is 11.5 Å². The number of pyridine rings is 1. The molecule has 2 heterocycles. The Bertz CT molecular complexity index is 910. The summed E-state index contributed by atoms with van der Waals surface area (Å²) >= 11 is 0. The second-order valence-electron chi connectivity index (χ2n) is 8.24. The first-order chi connectivity index (χ1) is 15.0. The number of benzene rings is 1. The molecular weight excluding hydrogens is 388 g/mol. The molecule has 2 N–H and O–H groups in total. The Morgan fingerprint density at radius 3 is 2.48 bits per heavy atom. The topological polar surface area (TPSA) is 77.8 Å². The quantitative estimate of drug-likeness (QED) is 0.489. The average Bonchev–Trinajstić information content (AvgIpc) is 3.10. The Morgan fingerprint density at radius 2 is 1.84 bits per heavy atom. The first-order valence-electron chi connectivity index (χ1n) is 11.4. The van der Waals surface area contributed by atoms with Crippen molar-refractivity contribution < 1.29 is 9.90 Å². The number of carboxylic acid groups (broad SMARTS) is 1. The smallest absolute Gasteiger partial charge is 0.337 e. The van der Waals surface area contributed by atoms with Gasteiger partial charge in [-0.2, -0.15) is 5.01 Å². The molecule has 2 aromatic rings. The summed E-state index contributed by atoms with van der Waals surface area (Å²) in [6, 6.07) is 11.3. The van der Waals surface area contributed by atoms with Crippen LogP contribution >= 0.6 is 0 Å². The molecule has 1 aromatic carbocycles. The van der Waals surface area contributed by atoms with E-state index in [-0.39, 0.29) is 11.2 Å². The lowest BCUT2D eigenvalue weighted by atomic mass is 9.96. The van der Waals surface area contributed by atoms with Gasteiger partial charge in [0, 0.05) is 24.7 Å². The van der Waals surface area contributed by atoms with E-state index in [2.05, 4.69) is 48.3 Å². The zero-order chi connectivity index (χ0) is 22.3. The molecule has 1 aliphatic heterocycles. The molecule has 0 spiro atoms. The lowest BCUT2D eigenvalue weighted by Crippen LogP contribution is -2.49. The van der Waals surface area contributed by atoms with Crippen LogP contribution < -0.4 is 5.43 Å². The highest BCUT2D eigenvalue weighted by Gasteiger charge is 2.40. The van der Waals surface area contributed by atoms with Crippen molar-refractivity contribution in [3.63, 3.8) is 0 Å². The van der Waals surface area contributed by atoms with Crippen molar-refractivity contribution in [2.75, 3.05) is 0 Å². The number of hydrazine groups is 1. The maximum Gasteiger partial charge on any atom is 0.337 e. The largest absolute Gasteiger partial charge is 0.478 e. The standard InChI is InChI=1S/C25H34N4O2/c1-4-7-16-25(15-6-3)27-22(9-5-2)28-29(25)18-19-11-13-20(14-12-19)23-21(24(30)31)10-8-17-26-23/h8,10-14,17H,4-7,9,15-16,18H2,1-3H3,(H,27,28)(H,30,31). The fraction of sp³-hybridized carbons (Fsp3) is 0.480. The van der Waals surface area contributed by atoms with Crippen molar-refractivity contribution in [1.82, 2.24) is 15.4 Å². The third-order valence-corrected chi connectivity index (χ3v) is 5.78. The van der Waals surface area contributed by atoms with E-state index in [9.17, 15) is 9.90 Å². The van der Waals surface area contributed by atoms with Gasteiger partial charge in [0.15, 0.2) is 0 Å². The number of aliphatic imine (C=N–C) groups is 1. The van der Waals surface area contributed by atoms with Crippen LogP contribution in [0.3, 0.4) is 0 Å². The SMILES string of the molecule is CCCCC1(CCC)N=C(CCC)NN1Cc1ccc(-c2ncccc2C(=O)O)cc1. The van der Waals surface area contributed by atoms with Crippen molar-refractivity contribution in [3.05, 3.63) is 53.7 Å². The molecular formula is C25H34N4O2. The number of nitrogens with one attached hydrogen (secondary N) is 1. The van der Waals surface area contributed by atoms with Crippen LogP contribution in [0.4, 0.5) is 0 Å². The molecule has 0 radical (unpaired) electrons. The second kappa shape index (κ2) is 10.5.